The molecule has 2 heterocycles. The lowest BCUT2D eigenvalue weighted by molar-refractivity contribution is -0.143. The Balaban J connectivity index is 1.77. The van der Waals surface area contributed by atoms with Crippen molar-refractivity contribution in [3.05, 3.63) is 64.7 Å². The molecule has 0 saturated carbocycles. The molecule has 5 nitrogen and oxygen atoms in total. The van der Waals surface area contributed by atoms with Gasteiger partial charge < -0.3 is 4.90 Å². The van der Waals surface area contributed by atoms with Crippen LogP contribution >= 0.6 is 11.8 Å². The number of halogens is 6. The summed E-state index contributed by atoms with van der Waals surface area (Å²) in [6.07, 6.45) is -10.3. The van der Waals surface area contributed by atoms with Crippen LogP contribution < -0.4 is 4.90 Å². The number of hydrogen-bond acceptors (Lipinski definition) is 4. The number of amidine groups is 1. The summed E-state index contributed by atoms with van der Waals surface area (Å²) in [5, 5.41) is -0.811. The third-order valence-electron chi connectivity index (χ3n) is 5.61. The first kappa shape index (κ1) is 25.5. The number of anilines is 1. The fourth-order valence-electron chi connectivity index (χ4n) is 3.97. The molecule has 0 N–H and O–H groups in total. The van der Waals surface area contributed by atoms with Crippen LogP contribution in [0.15, 0.2) is 47.5 Å². The third kappa shape index (κ3) is 5.66. The molecule has 2 aliphatic heterocycles. The standard InChI is InChI=1S/C22H18F6N2O3S2/c1-12-2-4-13(5-3-12)6-19(31)29-20-30(17-10-35(32,33)11-18(17)34-20)16-8-14(21(23,24)25)7-15(9-16)22(26,27)28/h2-5,7-9,17-18H,6,10-11H2,1H3/t17-,18-/m1/s1. The fraction of sp³-hybridized carbons (Fsp3) is 0.364. The minimum atomic E-state index is -5.08. The van der Waals surface area contributed by atoms with Gasteiger partial charge in [0.05, 0.1) is 35.1 Å². The number of alkyl halides is 6. The lowest BCUT2D eigenvalue weighted by Gasteiger charge is -2.26. The van der Waals surface area contributed by atoms with Gasteiger partial charge in [-0.1, -0.05) is 41.6 Å². The van der Waals surface area contributed by atoms with E-state index in [4.69, 9.17) is 0 Å². The first-order chi connectivity index (χ1) is 16.1. The molecule has 4 rings (SSSR count). The monoisotopic (exact) mass is 536 g/mol. The Labute approximate surface area is 201 Å². The van der Waals surface area contributed by atoms with Crippen LogP contribution in [-0.2, 0) is 33.4 Å². The number of carbonyl (C=O) groups excluding carboxylic acids is 1. The normalized spacial score (nSPS) is 23.1. The van der Waals surface area contributed by atoms with Crippen LogP contribution in [0.4, 0.5) is 32.0 Å². The second-order valence-electron chi connectivity index (χ2n) is 8.39. The molecule has 13 heteroatoms. The maximum atomic E-state index is 13.4. The highest BCUT2D eigenvalue weighted by Gasteiger charge is 2.50. The second-order valence-corrected chi connectivity index (χ2v) is 11.7. The highest BCUT2D eigenvalue weighted by atomic mass is 32.2. The number of amides is 1. The van der Waals surface area contributed by atoms with Gasteiger partial charge >= 0.3 is 12.4 Å². The molecule has 1 amide bonds. The molecule has 0 aromatic heterocycles. The number of rotatable bonds is 3. The number of fused-ring (bicyclic) bond motifs is 1. The number of nitrogens with zero attached hydrogens (tertiary/aromatic N) is 2. The molecule has 0 unspecified atom stereocenters. The number of sulfone groups is 1. The van der Waals surface area contributed by atoms with Crippen LogP contribution in [0.1, 0.15) is 22.3 Å². The van der Waals surface area contributed by atoms with E-state index in [2.05, 4.69) is 4.99 Å². The predicted molar refractivity (Wildman–Crippen MR) is 120 cm³/mol. The van der Waals surface area contributed by atoms with E-state index in [0.717, 1.165) is 22.2 Å². The number of thioether (sulfide) groups is 1. The first-order valence-electron chi connectivity index (χ1n) is 10.3. The Hall–Kier alpha value is -2.54. The molecule has 0 radical (unpaired) electrons. The predicted octanol–water partition coefficient (Wildman–Crippen LogP) is 4.88. The topological polar surface area (TPSA) is 66.8 Å². The number of benzene rings is 2. The quantitative estimate of drug-likeness (QED) is 0.524. The summed E-state index contributed by atoms with van der Waals surface area (Å²) >= 11 is 0.868. The van der Waals surface area contributed by atoms with Gasteiger partial charge in [-0.05, 0) is 30.7 Å². The van der Waals surface area contributed by atoms with Crippen molar-refractivity contribution in [3.63, 3.8) is 0 Å². The highest BCUT2D eigenvalue weighted by Crippen LogP contribution is 2.44. The molecule has 0 aliphatic carbocycles. The number of aryl methyl sites for hydroxylation is 1. The Bertz CT molecular complexity index is 1260. The van der Waals surface area contributed by atoms with Gasteiger partial charge in [-0.25, -0.2) is 8.42 Å². The van der Waals surface area contributed by atoms with Crippen LogP contribution in [0.3, 0.4) is 0 Å². The maximum Gasteiger partial charge on any atom is 0.416 e. The Kier molecular flexibility index (Phi) is 6.45. The highest BCUT2D eigenvalue weighted by molar-refractivity contribution is 8.16. The van der Waals surface area contributed by atoms with E-state index < -0.39 is 62.0 Å². The summed E-state index contributed by atoms with van der Waals surface area (Å²) in [6, 6.07) is 7.04. The largest absolute Gasteiger partial charge is 0.416 e. The van der Waals surface area contributed by atoms with Gasteiger partial charge in [0.1, 0.15) is 0 Å². The van der Waals surface area contributed by atoms with Crippen molar-refractivity contribution < 1.29 is 39.6 Å². The summed E-state index contributed by atoms with van der Waals surface area (Å²) in [6.45, 7) is 1.86. The number of aliphatic imine (C=N–C) groups is 1. The fourth-order valence-corrected chi connectivity index (χ4v) is 7.90. The van der Waals surface area contributed by atoms with Gasteiger partial charge in [-0.3, -0.25) is 4.79 Å². The molecule has 2 aromatic carbocycles. The number of carbonyl (C=O) groups is 1. The molecule has 2 fully saturated rings. The molecule has 2 aromatic rings. The second kappa shape index (κ2) is 8.84. The van der Waals surface area contributed by atoms with Crippen molar-refractivity contribution in [1.82, 2.24) is 0 Å². The first-order valence-corrected chi connectivity index (χ1v) is 13.0. The lowest BCUT2D eigenvalue weighted by atomic mass is 10.1. The lowest BCUT2D eigenvalue weighted by Crippen LogP contribution is -2.38. The van der Waals surface area contributed by atoms with Crippen molar-refractivity contribution in [3.8, 4) is 0 Å². The minimum Gasteiger partial charge on any atom is -0.316 e. The van der Waals surface area contributed by atoms with E-state index in [9.17, 15) is 39.6 Å². The molecule has 188 valence electrons. The van der Waals surface area contributed by atoms with Crippen molar-refractivity contribution in [2.75, 3.05) is 16.4 Å². The molecule has 2 aliphatic rings. The Morgan fingerprint density at radius 2 is 1.57 bits per heavy atom. The van der Waals surface area contributed by atoms with Crippen molar-refractivity contribution in [2.45, 2.75) is 37.0 Å². The molecule has 2 atom stereocenters. The van der Waals surface area contributed by atoms with E-state index in [-0.39, 0.29) is 23.4 Å². The van der Waals surface area contributed by atoms with Crippen molar-refractivity contribution >= 4 is 38.4 Å². The molecular weight excluding hydrogens is 518 g/mol. The Morgan fingerprint density at radius 1 is 1.00 bits per heavy atom. The van der Waals surface area contributed by atoms with Gasteiger partial charge in [-0.15, -0.1) is 0 Å². The number of hydrogen-bond donors (Lipinski definition) is 0. The summed E-state index contributed by atoms with van der Waals surface area (Å²) in [5.74, 6) is -1.46. The molecular formula is C22H18F6N2O3S2. The Morgan fingerprint density at radius 3 is 2.11 bits per heavy atom. The zero-order chi connectivity index (χ0) is 25.8. The van der Waals surface area contributed by atoms with Crippen LogP contribution in [0.2, 0.25) is 0 Å². The van der Waals surface area contributed by atoms with Crippen molar-refractivity contribution in [1.29, 1.82) is 0 Å². The van der Waals surface area contributed by atoms with Gasteiger partial charge in [0.2, 0.25) is 0 Å². The molecule has 0 spiro atoms. The van der Waals surface area contributed by atoms with Crippen LogP contribution in [0, 0.1) is 6.92 Å². The molecule has 2 saturated heterocycles. The summed E-state index contributed by atoms with van der Waals surface area (Å²) in [4.78, 5) is 17.6. The summed E-state index contributed by atoms with van der Waals surface area (Å²) in [7, 11) is -3.57. The average Bonchev–Trinajstić information content (AvgIpc) is 3.18. The zero-order valence-corrected chi connectivity index (χ0v) is 19.7. The van der Waals surface area contributed by atoms with E-state index in [0.29, 0.717) is 17.7 Å². The third-order valence-corrected chi connectivity index (χ3v) is 8.82. The average molecular weight is 537 g/mol. The smallest absolute Gasteiger partial charge is 0.316 e. The van der Waals surface area contributed by atoms with Gasteiger partial charge in [-0.2, -0.15) is 31.3 Å². The van der Waals surface area contributed by atoms with E-state index >= 15 is 0 Å². The van der Waals surface area contributed by atoms with Gasteiger partial charge in [0.25, 0.3) is 5.91 Å². The SMILES string of the molecule is Cc1ccc(CC(=O)N=C2S[C@@H]3CS(=O)(=O)C[C@H]3N2c2cc(C(F)(F)F)cc(C(F)(F)F)c2)cc1. The van der Waals surface area contributed by atoms with E-state index in [1.165, 1.54) is 0 Å². The molecule has 0 bridgehead atoms. The molecule has 35 heavy (non-hydrogen) atoms. The van der Waals surface area contributed by atoms with E-state index in [1.807, 2.05) is 6.92 Å². The van der Waals surface area contributed by atoms with Crippen molar-refractivity contribution in [2.24, 2.45) is 4.99 Å². The zero-order valence-electron chi connectivity index (χ0n) is 18.0. The van der Waals surface area contributed by atoms with Gasteiger partial charge in [0, 0.05) is 10.9 Å². The van der Waals surface area contributed by atoms with Crippen LogP contribution in [0.25, 0.3) is 0 Å². The summed E-state index contributed by atoms with van der Waals surface area (Å²) < 4.78 is 105. The minimum absolute atomic E-state index is 0.00501. The van der Waals surface area contributed by atoms with Gasteiger partial charge in [0.15, 0.2) is 15.0 Å². The van der Waals surface area contributed by atoms with E-state index in [1.54, 1.807) is 24.3 Å². The van der Waals surface area contributed by atoms with Crippen LogP contribution in [0.5, 0.6) is 0 Å². The van der Waals surface area contributed by atoms with Crippen LogP contribution in [-0.4, -0.2) is 42.3 Å². The maximum absolute atomic E-state index is 13.4. The summed E-state index contributed by atoms with van der Waals surface area (Å²) in [5.41, 5.74) is -2.01.